The van der Waals surface area contributed by atoms with Crippen molar-refractivity contribution in [3.63, 3.8) is 0 Å². The molecular weight excluding hydrogens is 1520 g/mol. The van der Waals surface area contributed by atoms with Gasteiger partial charge in [0.05, 0.1) is 11.4 Å². The van der Waals surface area contributed by atoms with Crippen LogP contribution < -0.4 is 0 Å². The highest BCUT2D eigenvalue weighted by Gasteiger charge is 2.17. The summed E-state index contributed by atoms with van der Waals surface area (Å²) in [4.78, 5) is 44.2. The van der Waals surface area contributed by atoms with Crippen LogP contribution in [0.1, 0.15) is 27.8 Å². The summed E-state index contributed by atoms with van der Waals surface area (Å²) in [6.07, 6.45) is 20.1. The van der Waals surface area contributed by atoms with E-state index in [-0.39, 0.29) is 0 Å². The molecule has 0 aliphatic carbocycles. The van der Waals surface area contributed by atoms with Gasteiger partial charge in [0.1, 0.15) is 6.33 Å². The minimum absolute atomic E-state index is 0.748. The van der Waals surface area contributed by atoms with Crippen LogP contribution in [-0.4, -0.2) is 49.8 Å². The van der Waals surface area contributed by atoms with Gasteiger partial charge in [-0.3, -0.25) is 9.97 Å². The second kappa shape index (κ2) is 40.6. The molecule has 0 amide bonds. The number of nitrogens with zero attached hydrogens (tertiary/aromatic N) is 10. The van der Waals surface area contributed by atoms with Gasteiger partial charge in [-0.15, -0.1) is 0 Å². The Hall–Kier alpha value is -16.3. The Morgan fingerprint density at radius 1 is 0.144 bits per heavy atom. The van der Waals surface area contributed by atoms with Crippen molar-refractivity contribution in [3.05, 3.63) is 484 Å². The van der Waals surface area contributed by atoms with Gasteiger partial charge in [0.2, 0.25) is 0 Å². The predicted molar refractivity (Wildman–Crippen MR) is 515 cm³/mol. The summed E-state index contributed by atoms with van der Waals surface area (Å²) in [6.45, 7) is 10.7. The van der Waals surface area contributed by atoms with Crippen molar-refractivity contribution in [2.45, 2.75) is 34.6 Å². The fourth-order valence-electron chi connectivity index (χ4n) is 15.4. The Kier molecular flexibility index (Phi) is 26.8. The molecule has 0 bridgehead atoms. The molecule has 0 saturated heterocycles. The monoisotopic (exact) mass is 1610 g/mol. The largest absolute Gasteiger partial charge is 0.255 e. The van der Waals surface area contributed by atoms with Crippen LogP contribution in [0.15, 0.2) is 457 Å². The van der Waals surface area contributed by atoms with Crippen LogP contribution in [-0.2, 0) is 0 Å². The van der Waals surface area contributed by atoms with Gasteiger partial charge in [-0.2, -0.15) is 0 Å². The number of aromatic nitrogens is 10. The molecule has 0 spiro atoms. The molecule has 10 nitrogen and oxygen atoms in total. The van der Waals surface area contributed by atoms with Crippen LogP contribution in [0.4, 0.5) is 0 Å². The molecule has 20 aromatic rings. The highest BCUT2D eigenvalue weighted by atomic mass is 14.9. The molecule has 125 heavy (non-hydrogen) atoms. The van der Waals surface area contributed by atoms with E-state index in [2.05, 4.69) is 382 Å². The average Bonchev–Trinajstić information content (AvgIpc) is 0.811. The molecule has 6 heterocycles. The van der Waals surface area contributed by atoms with Gasteiger partial charge in [0.25, 0.3) is 0 Å². The lowest BCUT2D eigenvalue weighted by atomic mass is 9.91. The first-order valence-corrected chi connectivity index (χ1v) is 41.8. The van der Waals surface area contributed by atoms with E-state index >= 15 is 0 Å². The molecule has 0 unspecified atom stereocenters. The molecule has 0 saturated carbocycles. The van der Waals surface area contributed by atoms with Crippen LogP contribution in [0.25, 0.3) is 168 Å². The third-order valence-electron chi connectivity index (χ3n) is 21.9. The summed E-state index contributed by atoms with van der Waals surface area (Å²) < 4.78 is 0. The zero-order chi connectivity index (χ0) is 85.3. The van der Waals surface area contributed by atoms with Crippen molar-refractivity contribution in [2.24, 2.45) is 0 Å². The molecule has 0 aliphatic rings. The fraction of sp³-hybridized carbons (Fsp3) is 0.0435. The molecule has 0 atom stereocenters. The lowest BCUT2D eigenvalue weighted by Gasteiger charge is -2.13. The van der Waals surface area contributed by atoms with Crippen molar-refractivity contribution in [1.29, 1.82) is 0 Å². The van der Waals surface area contributed by atoms with Crippen molar-refractivity contribution >= 4 is 0 Å². The van der Waals surface area contributed by atoms with Crippen LogP contribution in [0, 0.1) is 34.6 Å². The number of aryl methyl sites for hydroxylation is 5. The van der Waals surface area contributed by atoms with E-state index in [1.54, 1.807) is 24.9 Å². The van der Waals surface area contributed by atoms with Gasteiger partial charge < -0.3 is 0 Å². The summed E-state index contributed by atoms with van der Waals surface area (Å²) in [6, 6.07) is 134. The van der Waals surface area contributed by atoms with Crippen molar-refractivity contribution in [3.8, 4) is 168 Å². The molecule has 20 rings (SSSR count). The van der Waals surface area contributed by atoms with E-state index in [1.807, 2.05) is 134 Å². The summed E-state index contributed by atoms with van der Waals surface area (Å²) in [5, 5.41) is 0. The van der Waals surface area contributed by atoms with Crippen LogP contribution >= 0.6 is 0 Å². The Morgan fingerprint density at radius 2 is 0.448 bits per heavy atom. The zero-order valence-electron chi connectivity index (χ0n) is 70.3. The first kappa shape index (κ1) is 82.4. The number of benzene rings is 14. The number of hydrogen-bond acceptors (Lipinski definition) is 10. The second-order valence-electron chi connectivity index (χ2n) is 30.1. The SMILES string of the molecule is Cc1cccc(-c2ccc(-c3ccccn3)nc2)c1-c1ccccc1.Cc1ccccc1-c1ccccc1-c1ccc(-c2cncnc2)cc1.Cc1ccccc1-c1ccccc1-c1ccc(-c2ncccn2)cc1.Cc1ccccc1-c1ccccc1-c1cnc(-c2ccccc2)nc1.Cc1ccccc1-c1ccccc1-c1ncc(-c2ccccc2)cn1. The van der Waals surface area contributed by atoms with Crippen LogP contribution in [0.5, 0.6) is 0 Å². The Morgan fingerprint density at radius 3 is 0.904 bits per heavy atom. The maximum Gasteiger partial charge on any atom is 0.159 e. The summed E-state index contributed by atoms with van der Waals surface area (Å²) in [5.41, 5.74) is 37.3. The van der Waals surface area contributed by atoms with E-state index in [0.717, 1.165) is 90.1 Å². The smallest absolute Gasteiger partial charge is 0.159 e. The molecule has 10 heteroatoms. The molecule has 0 radical (unpaired) electrons. The van der Waals surface area contributed by atoms with Gasteiger partial charge in [-0.1, -0.05) is 364 Å². The second-order valence-corrected chi connectivity index (χ2v) is 30.1. The quantitative estimate of drug-likeness (QED) is 0.0978. The normalized spacial score (nSPS) is 10.6. The maximum absolute atomic E-state index is 4.63. The highest BCUT2D eigenvalue weighted by molar-refractivity contribution is 5.90. The van der Waals surface area contributed by atoms with E-state index in [9.17, 15) is 0 Å². The number of hydrogen-bond donors (Lipinski definition) is 0. The summed E-state index contributed by atoms with van der Waals surface area (Å²) >= 11 is 0. The number of pyridine rings is 2. The van der Waals surface area contributed by atoms with E-state index in [0.29, 0.717) is 0 Å². The fourth-order valence-corrected chi connectivity index (χ4v) is 15.4. The molecule has 0 fully saturated rings. The van der Waals surface area contributed by atoms with Gasteiger partial charge in [0.15, 0.2) is 17.5 Å². The van der Waals surface area contributed by atoms with E-state index in [4.69, 9.17) is 0 Å². The average molecular weight is 1610 g/mol. The first-order valence-electron chi connectivity index (χ1n) is 41.8. The summed E-state index contributed by atoms with van der Waals surface area (Å²) in [7, 11) is 0. The molecule has 600 valence electrons. The lowest BCUT2D eigenvalue weighted by molar-refractivity contribution is 1.17. The molecular formula is C115H90N10. The van der Waals surface area contributed by atoms with Gasteiger partial charge in [0, 0.05) is 101 Å². The topological polar surface area (TPSA) is 129 Å². The van der Waals surface area contributed by atoms with Gasteiger partial charge >= 0.3 is 0 Å². The third-order valence-corrected chi connectivity index (χ3v) is 21.9. The van der Waals surface area contributed by atoms with Crippen LogP contribution in [0.3, 0.4) is 0 Å². The van der Waals surface area contributed by atoms with E-state index in [1.165, 1.54) is 106 Å². The first-order chi connectivity index (χ1) is 61.6. The lowest BCUT2D eigenvalue weighted by Crippen LogP contribution is -1.93. The predicted octanol–water partition coefficient (Wildman–Crippen LogP) is 28.9. The maximum atomic E-state index is 4.63. The number of rotatable bonds is 15. The van der Waals surface area contributed by atoms with Gasteiger partial charge in [-0.05, 0) is 187 Å². The van der Waals surface area contributed by atoms with E-state index < -0.39 is 0 Å². The highest BCUT2D eigenvalue weighted by Crippen LogP contribution is 2.41. The summed E-state index contributed by atoms with van der Waals surface area (Å²) in [5.74, 6) is 2.25. The Bertz CT molecular complexity index is 6210. The van der Waals surface area contributed by atoms with Crippen LogP contribution in [0.2, 0.25) is 0 Å². The minimum atomic E-state index is 0.748. The molecule has 14 aromatic carbocycles. The van der Waals surface area contributed by atoms with Gasteiger partial charge in [-0.25, -0.2) is 39.9 Å². The van der Waals surface area contributed by atoms with Crippen molar-refractivity contribution < 1.29 is 0 Å². The standard InChI is InChI=1S/5C23H18N2/c1-17-7-2-3-8-20(17)22-10-5-4-9-21(22)18-11-13-19(14-12-18)23-24-15-6-16-25-23;1-17-6-2-3-7-21(17)23-9-5-4-8-22(23)19-12-10-18(11-13-19)20-14-24-16-25-15-20;1-17-9-5-6-12-20(17)22-14-8-7-13-21(22)19-15-24-23(25-16-19)18-10-3-2-4-11-18;1-17-9-5-6-12-20(17)21-13-7-8-14-22(21)23-24-15-19(16-25-23)18-10-3-2-4-11-18;1-17-8-7-11-20(23(17)18-9-3-2-4-10-18)19-13-14-22(25-16-19)21-12-5-6-15-24-21/h5*2-16H,1H3. The Labute approximate surface area is 732 Å². The molecule has 0 aliphatic heterocycles. The van der Waals surface area contributed by atoms with Crippen molar-refractivity contribution in [1.82, 2.24) is 49.8 Å². The Balaban J connectivity index is 0.000000115. The molecule has 6 aromatic heterocycles. The van der Waals surface area contributed by atoms with Crippen molar-refractivity contribution in [2.75, 3.05) is 0 Å². The third kappa shape index (κ3) is 20.3. The minimum Gasteiger partial charge on any atom is -0.255 e. The molecule has 0 N–H and O–H groups in total. The zero-order valence-corrected chi connectivity index (χ0v) is 70.3.